The Morgan fingerprint density at radius 1 is 0.920 bits per heavy atom. The van der Waals surface area contributed by atoms with Crippen LogP contribution in [0.1, 0.15) is 5.56 Å². The number of benzene rings is 2. The molecular formula is C17H21NO5S2. The molecule has 0 unspecified atom stereocenters. The lowest BCUT2D eigenvalue weighted by Gasteiger charge is -2.12. The number of hydrogen-bond acceptors (Lipinski definition) is 6. The predicted octanol–water partition coefficient (Wildman–Crippen LogP) is 2.16. The third-order valence-electron chi connectivity index (χ3n) is 3.67. The van der Waals surface area contributed by atoms with Crippen molar-refractivity contribution in [1.82, 2.24) is 0 Å². The lowest BCUT2D eigenvalue weighted by Crippen LogP contribution is -2.10. The molecule has 2 aromatic rings. The standard InChI is InChI=1S/C17H21NO5S2/c1-23-14-6-4-13(5-7-14)10-11-18-16-9-8-15(24(2,19)20)12-17(16)25(3,21)22/h4-9,12,18H,10-11H2,1-3H3. The summed E-state index contributed by atoms with van der Waals surface area (Å²) >= 11 is 0. The number of anilines is 1. The zero-order valence-corrected chi connectivity index (χ0v) is 15.9. The third kappa shape index (κ3) is 5.20. The van der Waals surface area contributed by atoms with E-state index in [0.717, 1.165) is 23.8 Å². The van der Waals surface area contributed by atoms with E-state index in [2.05, 4.69) is 5.32 Å². The Morgan fingerprint density at radius 2 is 1.56 bits per heavy atom. The first kappa shape index (κ1) is 19.3. The van der Waals surface area contributed by atoms with Gasteiger partial charge in [0.05, 0.1) is 22.6 Å². The SMILES string of the molecule is COc1ccc(CCNc2ccc(S(C)(=O)=O)cc2S(C)(=O)=O)cc1. The van der Waals surface area contributed by atoms with Crippen molar-refractivity contribution < 1.29 is 21.6 Å². The normalized spacial score (nSPS) is 12.0. The molecule has 6 nitrogen and oxygen atoms in total. The van der Waals surface area contributed by atoms with Gasteiger partial charge >= 0.3 is 0 Å². The fraction of sp³-hybridized carbons (Fsp3) is 0.294. The fourth-order valence-corrected chi connectivity index (χ4v) is 3.92. The lowest BCUT2D eigenvalue weighted by molar-refractivity contribution is 0.414. The lowest BCUT2D eigenvalue weighted by atomic mass is 10.1. The molecule has 0 aromatic heterocycles. The molecule has 0 radical (unpaired) electrons. The van der Waals surface area contributed by atoms with Crippen molar-refractivity contribution in [2.24, 2.45) is 0 Å². The minimum atomic E-state index is -3.56. The van der Waals surface area contributed by atoms with Gasteiger partial charge in [-0.1, -0.05) is 12.1 Å². The van der Waals surface area contributed by atoms with Crippen LogP contribution in [-0.2, 0) is 26.1 Å². The molecule has 0 spiro atoms. The molecule has 2 aromatic carbocycles. The molecule has 0 bridgehead atoms. The first-order valence-electron chi connectivity index (χ1n) is 7.52. The highest BCUT2D eigenvalue weighted by Crippen LogP contribution is 2.25. The maximum atomic E-state index is 12.0. The molecule has 0 aliphatic rings. The summed E-state index contributed by atoms with van der Waals surface area (Å²) in [5.74, 6) is 0.771. The van der Waals surface area contributed by atoms with E-state index in [-0.39, 0.29) is 9.79 Å². The molecule has 1 N–H and O–H groups in total. The predicted molar refractivity (Wildman–Crippen MR) is 97.8 cm³/mol. The van der Waals surface area contributed by atoms with Crippen molar-refractivity contribution in [1.29, 1.82) is 0 Å². The van der Waals surface area contributed by atoms with Crippen LogP contribution < -0.4 is 10.1 Å². The van der Waals surface area contributed by atoms with Crippen molar-refractivity contribution >= 4 is 25.4 Å². The number of rotatable bonds is 7. The van der Waals surface area contributed by atoms with Crippen LogP contribution in [0, 0.1) is 0 Å². The van der Waals surface area contributed by atoms with E-state index >= 15 is 0 Å². The molecule has 0 heterocycles. The van der Waals surface area contributed by atoms with Crippen LogP contribution in [0.4, 0.5) is 5.69 Å². The smallest absolute Gasteiger partial charge is 0.177 e. The van der Waals surface area contributed by atoms with E-state index in [4.69, 9.17) is 4.74 Å². The molecule has 0 saturated carbocycles. The van der Waals surface area contributed by atoms with E-state index in [1.54, 1.807) is 7.11 Å². The van der Waals surface area contributed by atoms with Gasteiger partial charge in [-0.05, 0) is 42.3 Å². The molecule has 0 fully saturated rings. The Balaban J connectivity index is 2.18. The van der Waals surface area contributed by atoms with Crippen LogP contribution in [0.2, 0.25) is 0 Å². The van der Waals surface area contributed by atoms with Crippen LogP contribution in [-0.4, -0.2) is 43.0 Å². The Kier molecular flexibility index (Phi) is 5.74. The maximum absolute atomic E-state index is 12.0. The second kappa shape index (κ2) is 7.45. The van der Waals surface area contributed by atoms with Gasteiger partial charge in [-0.15, -0.1) is 0 Å². The summed E-state index contributed by atoms with van der Waals surface area (Å²) in [6, 6.07) is 11.7. The van der Waals surface area contributed by atoms with Crippen LogP contribution in [0.3, 0.4) is 0 Å². The first-order valence-corrected chi connectivity index (χ1v) is 11.3. The zero-order chi connectivity index (χ0) is 18.7. The number of nitrogens with one attached hydrogen (secondary N) is 1. The summed E-state index contributed by atoms with van der Waals surface area (Å²) in [4.78, 5) is -0.0428. The highest BCUT2D eigenvalue weighted by Gasteiger charge is 2.17. The highest BCUT2D eigenvalue weighted by molar-refractivity contribution is 7.91. The second-order valence-corrected chi connectivity index (χ2v) is 9.73. The van der Waals surface area contributed by atoms with Gasteiger partial charge in [0, 0.05) is 19.1 Å². The number of ether oxygens (including phenoxy) is 1. The minimum absolute atomic E-state index is 0.0198. The second-order valence-electron chi connectivity index (χ2n) is 5.73. The molecule has 8 heteroatoms. The van der Waals surface area contributed by atoms with Crippen LogP contribution in [0.25, 0.3) is 0 Å². The van der Waals surface area contributed by atoms with Crippen LogP contribution in [0.15, 0.2) is 52.3 Å². The van der Waals surface area contributed by atoms with Crippen LogP contribution >= 0.6 is 0 Å². The number of hydrogen-bond donors (Lipinski definition) is 1. The quantitative estimate of drug-likeness (QED) is 0.788. The zero-order valence-electron chi connectivity index (χ0n) is 14.3. The summed E-state index contributed by atoms with van der Waals surface area (Å²) in [6.45, 7) is 0.507. The van der Waals surface area contributed by atoms with Gasteiger partial charge in [0.1, 0.15) is 5.75 Å². The van der Waals surface area contributed by atoms with E-state index < -0.39 is 19.7 Å². The number of methoxy groups -OCH3 is 1. The van der Waals surface area contributed by atoms with E-state index in [1.807, 2.05) is 24.3 Å². The molecule has 0 amide bonds. The average molecular weight is 383 g/mol. The van der Waals surface area contributed by atoms with Gasteiger partial charge in [-0.2, -0.15) is 0 Å². The van der Waals surface area contributed by atoms with Gasteiger partial charge < -0.3 is 10.1 Å². The fourth-order valence-electron chi connectivity index (χ4n) is 2.32. The molecular weight excluding hydrogens is 362 g/mol. The van der Waals surface area contributed by atoms with Crippen molar-refractivity contribution in [3.63, 3.8) is 0 Å². The molecule has 136 valence electrons. The van der Waals surface area contributed by atoms with E-state index in [1.165, 1.54) is 18.2 Å². The van der Waals surface area contributed by atoms with Gasteiger partial charge in [0.15, 0.2) is 19.7 Å². The highest BCUT2D eigenvalue weighted by atomic mass is 32.2. The van der Waals surface area contributed by atoms with Crippen molar-refractivity contribution in [3.05, 3.63) is 48.0 Å². The van der Waals surface area contributed by atoms with Gasteiger partial charge in [-0.3, -0.25) is 0 Å². The number of sulfone groups is 2. The van der Waals surface area contributed by atoms with Gasteiger partial charge in [0.25, 0.3) is 0 Å². The van der Waals surface area contributed by atoms with Gasteiger partial charge in [-0.25, -0.2) is 16.8 Å². The largest absolute Gasteiger partial charge is 0.497 e. The average Bonchev–Trinajstić information content (AvgIpc) is 2.54. The Bertz CT molecular complexity index is 949. The molecule has 0 aliphatic heterocycles. The van der Waals surface area contributed by atoms with Crippen molar-refractivity contribution in [2.75, 3.05) is 31.5 Å². The molecule has 0 aliphatic carbocycles. The minimum Gasteiger partial charge on any atom is -0.497 e. The summed E-state index contributed by atoms with van der Waals surface area (Å²) in [5.41, 5.74) is 1.46. The summed E-state index contributed by atoms with van der Waals surface area (Å²) < 4.78 is 52.4. The summed E-state index contributed by atoms with van der Waals surface area (Å²) in [5, 5.41) is 3.07. The summed E-state index contributed by atoms with van der Waals surface area (Å²) in [7, 11) is -5.44. The third-order valence-corrected chi connectivity index (χ3v) is 5.92. The van der Waals surface area contributed by atoms with Gasteiger partial charge in [0.2, 0.25) is 0 Å². The monoisotopic (exact) mass is 383 g/mol. The topological polar surface area (TPSA) is 89.5 Å². The van der Waals surface area contributed by atoms with E-state index in [0.29, 0.717) is 18.7 Å². The Hall–Kier alpha value is -2.06. The molecule has 0 saturated heterocycles. The summed E-state index contributed by atoms with van der Waals surface area (Å²) in [6.07, 6.45) is 2.79. The Labute approximate surface area is 148 Å². The van der Waals surface area contributed by atoms with Crippen molar-refractivity contribution in [3.8, 4) is 5.75 Å². The molecule has 25 heavy (non-hydrogen) atoms. The molecule has 0 atom stereocenters. The van der Waals surface area contributed by atoms with Crippen LogP contribution in [0.5, 0.6) is 5.75 Å². The maximum Gasteiger partial charge on any atom is 0.177 e. The van der Waals surface area contributed by atoms with Crippen molar-refractivity contribution in [2.45, 2.75) is 16.2 Å². The van der Waals surface area contributed by atoms with E-state index in [9.17, 15) is 16.8 Å². The Morgan fingerprint density at radius 3 is 2.08 bits per heavy atom. The molecule has 2 rings (SSSR count). The first-order chi connectivity index (χ1) is 11.6.